The van der Waals surface area contributed by atoms with Crippen LogP contribution in [0.15, 0.2) is 18.2 Å². The van der Waals surface area contributed by atoms with Gasteiger partial charge in [0, 0.05) is 11.1 Å². The molecular weight excluding hydrogens is 272 g/mol. The van der Waals surface area contributed by atoms with Crippen molar-refractivity contribution in [1.82, 2.24) is 10.3 Å². The summed E-state index contributed by atoms with van der Waals surface area (Å²) in [6, 6.07) is 3.39. The molecule has 1 aliphatic rings. The fraction of sp³-hybridized carbons (Fsp3) is 0.625. The topological polar surface area (TPSA) is 41.3 Å². The highest BCUT2D eigenvalue weighted by atomic mass is 19.1. The van der Waals surface area contributed by atoms with Crippen molar-refractivity contribution in [3.8, 4) is 0 Å². The summed E-state index contributed by atoms with van der Waals surface area (Å²) >= 11 is 0. The zero-order valence-corrected chi connectivity index (χ0v) is 13.0. The maximum absolute atomic E-state index is 14.2. The molecule has 118 valence electrons. The Bertz CT molecular complexity index is 472. The van der Waals surface area contributed by atoms with Crippen molar-refractivity contribution in [2.75, 3.05) is 14.1 Å². The molecule has 0 spiro atoms. The van der Waals surface area contributed by atoms with Gasteiger partial charge in [-0.15, -0.1) is 0 Å². The summed E-state index contributed by atoms with van der Waals surface area (Å²) in [6.07, 6.45) is 3.91. The van der Waals surface area contributed by atoms with Crippen LogP contribution in [-0.4, -0.2) is 24.5 Å². The number of nitrogens with one attached hydrogen (secondary N) is 1. The van der Waals surface area contributed by atoms with E-state index in [2.05, 4.69) is 17.2 Å². The van der Waals surface area contributed by atoms with Crippen LogP contribution in [0.4, 0.5) is 8.78 Å². The van der Waals surface area contributed by atoms with E-state index in [0.29, 0.717) is 5.92 Å². The van der Waals surface area contributed by atoms with Gasteiger partial charge in [0.25, 0.3) is 0 Å². The summed E-state index contributed by atoms with van der Waals surface area (Å²) < 4.78 is 28.4. The Morgan fingerprint density at radius 1 is 1.33 bits per heavy atom. The van der Waals surface area contributed by atoms with E-state index in [4.69, 9.17) is 5.84 Å². The molecule has 0 radical (unpaired) electrons. The molecule has 3 atom stereocenters. The number of nitrogens with zero attached hydrogens (tertiary/aromatic N) is 1. The first-order chi connectivity index (χ1) is 9.92. The van der Waals surface area contributed by atoms with E-state index in [1.807, 2.05) is 14.1 Å². The van der Waals surface area contributed by atoms with Crippen molar-refractivity contribution in [2.24, 2.45) is 11.8 Å². The number of rotatable bonds is 4. The molecular formula is C16H25F2N3. The Hall–Kier alpha value is -1.04. The van der Waals surface area contributed by atoms with Crippen molar-refractivity contribution < 1.29 is 8.78 Å². The third-order valence-electron chi connectivity index (χ3n) is 4.89. The maximum atomic E-state index is 14.2. The van der Waals surface area contributed by atoms with E-state index in [1.54, 1.807) is 0 Å². The second-order valence-electron chi connectivity index (χ2n) is 6.43. The molecule has 2 rings (SSSR count). The van der Waals surface area contributed by atoms with Crippen molar-refractivity contribution in [1.29, 1.82) is 0 Å². The lowest BCUT2D eigenvalue weighted by Crippen LogP contribution is -2.57. The number of halogens is 2. The van der Waals surface area contributed by atoms with Crippen LogP contribution in [0.3, 0.4) is 0 Å². The molecule has 0 saturated heterocycles. The predicted octanol–water partition coefficient (Wildman–Crippen LogP) is 2.98. The zero-order chi connectivity index (χ0) is 15.6. The van der Waals surface area contributed by atoms with Crippen LogP contribution < -0.4 is 11.3 Å². The van der Waals surface area contributed by atoms with E-state index < -0.39 is 17.7 Å². The third-order valence-corrected chi connectivity index (χ3v) is 4.89. The number of hydrazine groups is 1. The molecule has 1 fully saturated rings. The Balaban J connectivity index is 2.50. The number of nitrogens with two attached hydrogens (primary N) is 1. The highest BCUT2D eigenvalue weighted by Crippen LogP contribution is 2.44. The molecule has 0 bridgehead atoms. The minimum absolute atomic E-state index is 0.0443. The lowest BCUT2D eigenvalue weighted by molar-refractivity contribution is 0.0342. The van der Waals surface area contributed by atoms with Gasteiger partial charge in [-0.25, -0.2) is 8.78 Å². The Morgan fingerprint density at radius 3 is 2.43 bits per heavy atom. The first-order valence-electron chi connectivity index (χ1n) is 7.50. The summed E-state index contributed by atoms with van der Waals surface area (Å²) in [5, 5.41) is 0. The van der Waals surface area contributed by atoms with E-state index in [-0.39, 0.29) is 11.1 Å². The van der Waals surface area contributed by atoms with Crippen LogP contribution in [-0.2, 0) is 0 Å². The van der Waals surface area contributed by atoms with Gasteiger partial charge in [0.05, 0.1) is 6.04 Å². The highest BCUT2D eigenvalue weighted by Gasteiger charge is 2.45. The van der Waals surface area contributed by atoms with Gasteiger partial charge >= 0.3 is 0 Å². The molecule has 0 amide bonds. The summed E-state index contributed by atoms with van der Waals surface area (Å²) in [5.74, 6) is 5.15. The SMILES string of the molecule is CC1CCCC(C(NN)c2c(F)cccc2F)(N(C)C)C1. The molecule has 3 unspecified atom stereocenters. The molecule has 3 N–H and O–H groups in total. The van der Waals surface area contributed by atoms with Crippen molar-refractivity contribution >= 4 is 0 Å². The van der Waals surface area contributed by atoms with Crippen LogP contribution in [0.25, 0.3) is 0 Å². The Labute approximate surface area is 125 Å². The second-order valence-corrected chi connectivity index (χ2v) is 6.43. The lowest BCUT2D eigenvalue weighted by Gasteiger charge is -2.50. The van der Waals surface area contributed by atoms with Gasteiger partial charge in [-0.3, -0.25) is 11.3 Å². The fourth-order valence-corrected chi connectivity index (χ4v) is 3.78. The standard InChI is InChI=1S/C16H25F2N3/c1-11-6-5-9-16(10-11,21(2)3)15(20-19)14-12(17)7-4-8-13(14)18/h4,7-8,11,15,20H,5-6,9-10,19H2,1-3H3. The number of hydrogen-bond acceptors (Lipinski definition) is 3. The minimum Gasteiger partial charge on any atom is -0.302 e. The molecule has 21 heavy (non-hydrogen) atoms. The van der Waals surface area contributed by atoms with Gasteiger partial charge in [0.2, 0.25) is 0 Å². The predicted molar refractivity (Wildman–Crippen MR) is 80.5 cm³/mol. The monoisotopic (exact) mass is 297 g/mol. The third kappa shape index (κ3) is 2.96. The normalized spacial score (nSPS) is 27.9. The van der Waals surface area contributed by atoms with Crippen LogP contribution in [0.1, 0.15) is 44.2 Å². The maximum Gasteiger partial charge on any atom is 0.131 e. The largest absolute Gasteiger partial charge is 0.302 e. The zero-order valence-electron chi connectivity index (χ0n) is 13.0. The van der Waals surface area contributed by atoms with Crippen LogP contribution in [0.5, 0.6) is 0 Å². The van der Waals surface area contributed by atoms with Crippen molar-refractivity contribution in [2.45, 2.75) is 44.2 Å². The van der Waals surface area contributed by atoms with Crippen LogP contribution in [0.2, 0.25) is 0 Å². The fourth-order valence-electron chi connectivity index (χ4n) is 3.78. The van der Waals surface area contributed by atoms with Gasteiger partial charge in [-0.2, -0.15) is 0 Å². The van der Waals surface area contributed by atoms with Crippen LogP contribution >= 0.6 is 0 Å². The first-order valence-corrected chi connectivity index (χ1v) is 7.50. The summed E-state index contributed by atoms with van der Waals surface area (Å²) in [4.78, 5) is 2.07. The Kier molecular flexibility index (Phi) is 4.96. The van der Waals surface area contributed by atoms with E-state index >= 15 is 0 Å². The molecule has 1 aromatic rings. The van der Waals surface area contributed by atoms with Gasteiger partial charge in [-0.1, -0.05) is 25.8 Å². The highest BCUT2D eigenvalue weighted by molar-refractivity contribution is 5.27. The van der Waals surface area contributed by atoms with E-state index in [1.165, 1.54) is 18.2 Å². The summed E-state index contributed by atoms with van der Waals surface area (Å²) in [5.41, 5.74) is 2.36. The quantitative estimate of drug-likeness (QED) is 0.663. The molecule has 1 saturated carbocycles. The molecule has 3 nitrogen and oxygen atoms in total. The van der Waals surface area contributed by atoms with Gasteiger partial charge in [0.15, 0.2) is 0 Å². The molecule has 5 heteroatoms. The van der Waals surface area contributed by atoms with E-state index in [0.717, 1.165) is 25.7 Å². The lowest BCUT2D eigenvalue weighted by atomic mass is 9.69. The molecule has 0 aromatic heterocycles. The van der Waals surface area contributed by atoms with Crippen molar-refractivity contribution in [3.63, 3.8) is 0 Å². The average molecular weight is 297 g/mol. The molecule has 1 aromatic carbocycles. The van der Waals surface area contributed by atoms with Crippen molar-refractivity contribution in [3.05, 3.63) is 35.4 Å². The molecule has 1 aliphatic carbocycles. The molecule has 0 heterocycles. The smallest absolute Gasteiger partial charge is 0.131 e. The molecule has 0 aliphatic heterocycles. The first kappa shape index (κ1) is 16.3. The average Bonchev–Trinajstić information content (AvgIpc) is 2.42. The summed E-state index contributed by atoms with van der Waals surface area (Å²) in [7, 11) is 3.92. The second kappa shape index (κ2) is 6.38. The van der Waals surface area contributed by atoms with Gasteiger partial charge in [0.1, 0.15) is 11.6 Å². The Morgan fingerprint density at radius 2 is 1.95 bits per heavy atom. The minimum atomic E-state index is -0.573. The summed E-state index contributed by atoms with van der Waals surface area (Å²) in [6.45, 7) is 2.18. The van der Waals surface area contributed by atoms with Gasteiger partial charge in [-0.05, 0) is 45.0 Å². The van der Waals surface area contributed by atoms with E-state index in [9.17, 15) is 8.78 Å². The number of hydrogen-bond donors (Lipinski definition) is 2. The number of benzene rings is 1. The number of likely N-dealkylation sites (N-methyl/N-ethyl adjacent to an activating group) is 1. The van der Waals surface area contributed by atoms with Crippen LogP contribution in [0, 0.1) is 17.6 Å². The van der Waals surface area contributed by atoms with Gasteiger partial charge < -0.3 is 4.90 Å².